The van der Waals surface area contributed by atoms with Gasteiger partial charge >= 0.3 is 5.97 Å². The zero-order valence-electron chi connectivity index (χ0n) is 14.0. The third kappa shape index (κ3) is 3.26. The van der Waals surface area contributed by atoms with Gasteiger partial charge in [-0.2, -0.15) is 5.10 Å². The Labute approximate surface area is 148 Å². The predicted molar refractivity (Wildman–Crippen MR) is 91.2 cm³/mol. The molecule has 2 aromatic rings. The van der Waals surface area contributed by atoms with Gasteiger partial charge in [-0.3, -0.25) is 4.68 Å². The Hall–Kier alpha value is -2.02. The Balaban J connectivity index is 1.85. The Morgan fingerprint density at radius 1 is 1.33 bits per heavy atom. The predicted octanol–water partition coefficient (Wildman–Crippen LogP) is 4.09. The van der Waals surface area contributed by atoms with E-state index in [1.54, 1.807) is 32.2 Å². The highest BCUT2D eigenvalue weighted by atomic mass is 79.9. The molecule has 0 fully saturated rings. The highest BCUT2D eigenvalue weighted by Crippen LogP contribution is 2.42. The molecular weight excluding hydrogens is 376 g/mol. The van der Waals surface area contributed by atoms with E-state index in [1.807, 2.05) is 10.9 Å². The number of hydrogen-bond donors (Lipinski definition) is 0. The van der Waals surface area contributed by atoms with Crippen molar-refractivity contribution in [3.05, 3.63) is 40.1 Å². The fraction of sp³-hybridized carbons (Fsp3) is 0.412. The first kappa shape index (κ1) is 16.8. The van der Waals surface area contributed by atoms with Gasteiger partial charge in [0.2, 0.25) is 5.79 Å². The van der Waals surface area contributed by atoms with Crippen molar-refractivity contribution in [1.29, 1.82) is 0 Å². The SMILES string of the molecule is CC(C)n1cc(COc2ccc(Br)c3c2C(=O)OC(C)(C)O3)cn1. The zero-order valence-corrected chi connectivity index (χ0v) is 15.6. The first-order chi connectivity index (χ1) is 11.3. The second-order valence-corrected chi connectivity index (χ2v) is 7.21. The highest BCUT2D eigenvalue weighted by Gasteiger charge is 2.37. The monoisotopic (exact) mass is 394 g/mol. The molecule has 6 nitrogen and oxygen atoms in total. The number of carbonyl (C=O) groups is 1. The Morgan fingerprint density at radius 3 is 2.75 bits per heavy atom. The molecule has 1 aromatic carbocycles. The number of esters is 1. The minimum atomic E-state index is -1.01. The maximum absolute atomic E-state index is 12.4. The van der Waals surface area contributed by atoms with Crippen molar-refractivity contribution in [1.82, 2.24) is 9.78 Å². The summed E-state index contributed by atoms with van der Waals surface area (Å²) in [6, 6.07) is 3.80. The van der Waals surface area contributed by atoms with Crippen molar-refractivity contribution < 1.29 is 19.0 Å². The van der Waals surface area contributed by atoms with Crippen LogP contribution in [0.1, 0.15) is 49.7 Å². The zero-order chi connectivity index (χ0) is 17.5. The summed E-state index contributed by atoms with van der Waals surface area (Å²) in [5.74, 6) is -0.614. The van der Waals surface area contributed by atoms with Crippen LogP contribution in [0.15, 0.2) is 29.0 Å². The number of halogens is 1. The molecule has 24 heavy (non-hydrogen) atoms. The standard InChI is InChI=1S/C17H19BrN2O4/c1-10(2)20-8-11(7-19-20)9-22-13-6-5-12(18)15-14(13)16(21)24-17(3,4)23-15/h5-8,10H,9H2,1-4H3. The molecule has 0 saturated carbocycles. The summed E-state index contributed by atoms with van der Waals surface area (Å²) in [6.07, 6.45) is 3.68. The summed E-state index contributed by atoms with van der Waals surface area (Å²) < 4.78 is 19.4. The van der Waals surface area contributed by atoms with E-state index in [-0.39, 0.29) is 6.04 Å². The molecule has 0 radical (unpaired) electrons. The van der Waals surface area contributed by atoms with Gasteiger partial charge in [-0.1, -0.05) is 0 Å². The molecule has 0 aliphatic carbocycles. The molecule has 1 aliphatic rings. The van der Waals surface area contributed by atoms with Gasteiger partial charge in [0.25, 0.3) is 0 Å². The van der Waals surface area contributed by atoms with E-state index >= 15 is 0 Å². The summed E-state index contributed by atoms with van der Waals surface area (Å²) in [7, 11) is 0. The van der Waals surface area contributed by atoms with E-state index in [1.165, 1.54) is 0 Å². The second kappa shape index (κ2) is 6.12. The van der Waals surface area contributed by atoms with E-state index in [2.05, 4.69) is 34.9 Å². The van der Waals surface area contributed by atoms with Crippen LogP contribution >= 0.6 is 15.9 Å². The molecule has 0 N–H and O–H groups in total. The lowest BCUT2D eigenvalue weighted by molar-refractivity contribution is -0.128. The van der Waals surface area contributed by atoms with Crippen LogP contribution in [0, 0.1) is 0 Å². The van der Waals surface area contributed by atoms with E-state index in [9.17, 15) is 4.79 Å². The van der Waals surface area contributed by atoms with Crippen LogP contribution in [0.5, 0.6) is 11.5 Å². The van der Waals surface area contributed by atoms with E-state index in [0.29, 0.717) is 28.1 Å². The maximum Gasteiger partial charge on any atom is 0.349 e. The first-order valence-electron chi connectivity index (χ1n) is 7.67. The van der Waals surface area contributed by atoms with Crippen molar-refractivity contribution in [2.75, 3.05) is 0 Å². The molecule has 1 aliphatic heterocycles. The van der Waals surface area contributed by atoms with Crippen LogP contribution in [-0.2, 0) is 11.3 Å². The number of rotatable bonds is 4. The third-order valence-corrected chi connectivity index (χ3v) is 4.16. The second-order valence-electron chi connectivity index (χ2n) is 6.35. The maximum atomic E-state index is 12.4. The molecule has 3 rings (SSSR count). The fourth-order valence-electron chi connectivity index (χ4n) is 2.39. The van der Waals surface area contributed by atoms with Gasteiger partial charge in [0.05, 0.1) is 10.7 Å². The summed E-state index contributed by atoms with van der Waals surface area (Å²) in [5.41, 5.74) is 1.21. The van der Waals surface area contributed by atoms with Crippen molar-refractivity contribution in [3.8, 4) is 11.5 Å². The van der Waals surface area contributed by atoms with Crippen LogP contribution in [-0.4, -0.2) is 21.5 Å². The molecule has 7 heteroatoms. The fourth-order valence-corrected chi connectivity index (χ4v) is 2.80. The van der Waals surface area contributed by atoms with Gasteiger partial charge in [-0.05, 0) is 41.9 Å². The minimum absolute atomic E-state index is 0.282. The number of aromatic nitrogens is 2. The van der Waals surface area contributed by atoms with Crippen LogP contribution < -0.4 is 9.47 Å². The van der Waals surface area contributed by atoms with Gasteiger partial charge in [-0.15, -0.1) is 0 Å². The number of fused-ring (bicyclic) bond motifs is 1. The normalized spacial score (nSPS) is 15.7. The van der Waals surface area contributed by atoms with Gasteiger partial charge < -0.3 is 14.2 Å². The average Bonchev–Trinajstić information content (AvgIpc) is 2.95. The smallest absolute Gasteiger partial charge is 0.349 e. The molecule has 0 unspecified atom stereocenters. The first-order valence-corrected chi connectivity index (χ1v) is 8.47. The highest BCUT2D eigenvalue weighted by molar-refractivity contribution is 9.10. The van der Waals surface area contributed by atoms with Crippen LogP contribution in [0.3, 0.4) is 0 Å². The van der Waals surface area contributed by atoms with Crippen molar-refractivity contribution in [3.63, 3.8) is 0 Å². The molecule has 0 atom stereocenters. The molecule has 1 aromatic heterocycles. The number of hydrogen-bond acceptors (Lipinski definition) is 5. The molecule has 0 bridgehead atoms. The summed E-state index contributed by atoms with van der Waals surface area (Å²) in [4.78, 5) is 12.4. The van der Waals surface area contributed by atoms with E-state index in [0.717, 1.165) is 5.56 Å². The van der Waals surface area contributed by atoms with E-state index < -0.39 is 11.8 Å². The van der Waals surface area contributed by atoms with Gasteiger partial charge in [0.1, 0.15) is 17.9 Å². The minimum Gasteiger partial charge on any atom is -0.488 e. The van der Waals surface area contributed by atoms with Gasteiger partial charge in [-0.25, -0.2) is 4.79 Å². The molecule has 128 valence electrons. The number of benzene rings is 1. The quantitative estimate of drug-likeness (QED) is 0.730. The van der Waals surface area contributed by atoms with Gasteiger partial charge in [0.15, 0.2) is 5.75 Å². The van der Waals surface area contributed by atoms with E-state index in [4.69, 9.17) is 14.2 Å². The summed E-state index contributed by atoms with van der Waals surface area (Å²) >= 11 is 3.41. The molecule has 0 amide bonds. The van der Waals surface area contributed by atoms with Crippen LogP contribution in [0.4, 0.5) is 0 Å². The Bertz CT molecular complexity index is 783. The largest absolute Gasteiger partial charge is 0.488 e. The molecular formula is C17H19BrN2O4. The molecule has 2 heterocycles. The molecule has 0 saturated heterocycles. The lowest BCUT2D eigenvalue weighted by atomic mass is 10.1. The number of cyclic esters (lactones) is 1. The summed E-state index contributed by atoms with van der Waals surface area (Å²) in [6.45, 7) is 7.79. The average molecular weight is 395 g/mol. The number of carbonyl (C=O) groups excluding carboxylic acids is 1. The third-order valence-electron chi connectivity index (χ3n) is 3.54. The molecule has 0 spiro atoms. The Morgan fingerprint density at radius 2 is 2.08 bits per heavy atom. The number of nitrogens with zero attached hydrogens (tertiary/aromatic N) is 2. The van der Waals surface area contributed by atoms with Gasteiger partial charge in [0, 0.05) is 31.6 Å². The van der Waals surface area contributed by atoms with Crippen molar-refractivity contribution >= 4 is 21.9 Å². The van der Waals surface area contributed by atoms with Crippen molar-refractivity contribution in [2.24, 2.45) is 0 Å². The van der Waals surface area contributed by atoms with Crippen LogP contribution in [0.2, 0.25) is 0 Å². The van der Waals surface area contributed by atoms with Crippen molar-refractivity contribution in [2.45, 2.75) is 46.1 Å². The lowest BCUT2D eigenvalue weighted by Gasteiger charge is -2.32. The Kier molecular flexibility index (Phi) is 4.29. The number of ether oxygens (including phenoxy) is 3. The van der Waals surface area contributed by atoms with Crippen LogP contribution in [0.25, 0.3) is 0 Å². The topological polar surface area (TPSA) is 62.6 Å². The summed E-state index contributed by atoms with van der Waals surface area (Å²) in [5, 5.41) is 4.28. The lowest BCUT2D eigenvalue weighted by Crippen LogP contribution is -2.39.